The third-order valence-corrected chi connectivity index (χ3v) is 11.3. The highest BCUT2D eigenvalue weighted by atomic mass is 35.5. The number of aromatic nitrogens is 2. The summed E-state index contributed by atoms with van der Waals surface area (Å²) in [7, 11) is 0. The molecule has 1 N–H and O–H groups in total. The molecule has 3 saturated heterocycles. The molecule has 0 unspecified atom stereocenters. The summed E-state index contributed by atoms with van der Waals surface area (Å²) in [6.45, 7) is 8.57. The SMILES string of the molecule is C[C@@H]1CN(c2nc(=O)n3c4c(c(-c5cc(Cl)c(F)cc5F)c(C(F)(F)F)cc24)SC[C@@H]3CN2CCC3(CC2)COC3)[C@@H](C)CN1. The number of nitrogens with one attached hydrogen (secondary N) is 1. The van der Waals surface area contributed by atoms with Crippen molar-refractivity contribution in [1.29, 1.82) is 0 Å². The van der Waals surface area contributed by atoms with Crippen LogP contribution in [0, 0.1) is 17.0 Å². The summed E-state index contributed by atoms with van der Waals surface area (Å²) in [5, 5.41) is 3.03. The largest absolute Gasteiger partial charge is 0.417 e. The van der Waals surface area contributed by atoms with Crippen molar-refractivity contribution in [2.75, 3.05) is 56.6 Å². The van der Waals surface area contributed by atoms with Crippen LogP contribution in [0.2, 0.25) is 5.02 Å². The number of alkyl halides is 3. The standard InChI is InChI=1S/C31H33ClF5N5O2S/c1-16-11-41(17(2)10-38-16)28-20-7-21(31(35,36)37)25(19-8-22(32)24(34)9-23(19)33)27-26(20)42(29(43)39-28)18(13-45-27)12-40-5-3-30(4-6-40)14-44-15-30/h7-9,16-18,38H,3-6,10-15H2,1-2H3/t16-,17+,18+/m1/s1. The average molecular weight is 670 g/mol. The number of halogens is 6. The van der Waals surface area contributed by atoms with Crippen LogP contribution in [0.15, 0.2) is 27.9 Å². The molecule has 3 fully saturated rings. The van der Waals surface area contributed by atoms with Crippen LogP contribution in [0.1, 0.15) is 38.3 Å². The van der Waals surface area contributed by atoms with E-state index in [1.165, 1.54) is 4.57 Å². The monoisotopic (exact) mass is 669 g/mol. The number of ether oxygens (including phenoxy) is 1. The fraction of sp³-hybridized carbons (Fsp3) is 0.548. The Morgan fingerprint density at radius 2 is 1.87 bits per heavy atom. The number of likely N-dealkylation sites (tertiary alicyclic amines) is 1. The smallest absolute Gasteiger partial charge is 0.380 e. The molecular formula is C31H33ClF5N5O2S. The van der Waals surface area contributed by atoms with E-state index in [9.17, 15) is 22.4 Å². The first kappa shape index (κ1) is 31.2. The second-order valence-electron chi connectivity index (χ2n) is 12.9. The van der Waals surface area contributed by atoms with E-state index >= 15 is 4.39 Å². The van der Waals surface area contributed by atoms with Crippen LogP contribution in [0.3, 0.4) is 0 Å². The van der Waals surface area contributed by atoms with Crippen LogP contribution in [0.4, 0.5) is 27.8 Å². The van der Waals surface area contributed by atoms with Crippen LogP contribution in [0.25, 0.3) is 22.0 Å². The van der Waals surface area contributed by atoms with Gasteiger partial charge in [-0.05, 0) is 51.9 Å². The normalized spacial score (nSPS) is 25.2. The predicted molar refractivity (Wildman–Crippen MR) is 164 cm³/mol. The Morgan fingerprint density at radius 1 is 1.13 bits per heavy atom. The van der Waals surface area contributed by atoms with Crippen molar-refractivity contribution in [1.82, 2.24) is 19.8 Å². The van der Waals surface area contributed by atoms with Gasteiger partial charge in [0.25, 0.3) is 0 Å². The van der Waals surface area contributed by atoms with Gasteiger partial charge in [-0.3, -0.25) is 4.57 Å². The zero-order valence-corrected chi connectivity index (χ0v) is 26.4. The maximum absolute atomic E-state index is 15.4. The topological polar surface area (TPSA) is 62.6 Å². The van der Waals surface area contributed by atoms with Gasteiger partial charge in [-0.1, -0.05) is 11.6 Å². The number of piperidine rings is 1. The van der Waals surface area contributed by atoms with E-state index in [0.29, 0.717) is 25.7 Å². The van der Waals surface area contributed by atoms with Gasteiger partial charge in [0.05, 0.1) is 35.4 Å². The Bertz CT molecular complexity index is 1720. The van der Waals surface area contributed by atoms with Crippen LogP contribution in [-0.4, -0.2) is 78.2 Å². The van der Waals surface area contributed by atoms with Crippen molar-refractivity contribution in [2.24, 2.45) is 5.41 Å². The lowest BCUT2D eigenvalue weighted by Gasteiger charge is -2.48. The zero-order chi connectivity index (χ0) is 31.8. The molecule has 3 atom stereocenters. The highest BCUT2D eigenvalue weighted by Crippen LogP contribution is 2.51. The third-order valence-electron chi connectivity index (χ3n) is 9.75. The number of anilines is 1. The minimum atomic E-state index is -4.90. The lowest BCUT2D eigenvalue weighted by molar-refractivity contribution is -0.140. The molecule has 14 heteroatoms. The Hall–Kier alpha value is -2.45. The minimum absolute atomic E-state index is 0.00950. The summed E-state index contributed by atoms with van der Waals surface area (Å²) in [4.78, 5) is 22.7. The number of hydrogen-bond donors (Lipinski definition) is 1. The van der Waals surface area contributed by atoms with E-state index in [0.717, 1.165) is 63.0 Å². The van der Waals surface area contributed by atoms with Gasteiger partial charge in [-0.25, -0.2) is 13.6 Å². The van der Waals surface area contributed by atoms with Crippen molar-refractivity contribution in [3.63, 3.8) is 0 Å². The summed E-state index contributed by atoms with van der Waals surface area (Å²) >= 11 is 7.15. The molecule has 7 nitrogen and oxygen atoms in total. The van der Waals surface area contributed by atoms with Crippen molar-refractivity contribution < 1.29 is 26.7 Å². The molecule has 0 bridgehead atoms. The van der Waals surface area contributed by atoms with E-state index < -0.39 is 45.2 Å². The summed E-state index contributed by atoms with van der Waals surface area (Å²) in [6.07, 6.45) is -2.94. The quantitative estimate of drug-likeness (QED) is 0.272. The Balaban J connectivity index is 1.45. The molecule has 5 heterocycles. The van der Waals surface area contributed by atoms with Gasteiger partial charge in [0, 0.05) is 70.4 Å². The molecule has 1 aromatic heterocycles. The third kappa shape index (κ3) is 5.42. The van der Waals surface area contributed by atoms with Crippen LogP contribution in [-0.2, 0) is 10.9 Å². The predicted octanol–water partition coefficient (Wildman–Crippen LogP) is 5.96. The summed E-state index contributed by atoms with van der Waals surface area (Å²) in [5.41, 5.74) is -2.07. The Kier molecular flexibility index (Phi) is 7.87. The number of benzene rings is 2. The molecule has 7 rings (SSSR count). The summed E-state index contributed by atoms with van der Waals surface area (Å²) in [5.74, 6) is -1.79. The fourth-order valence-corrected chi connectivity index (χ4v) is 8.64. The number of nitrogens with zero attached hydrogens (tertiary/aromatic N) is 4. The first-order chi connectivity index (χ1) is 21.3. The fourth-order valence-electron chi connectivity index (χ4n) is 7.15. The van der Waals surface area contributed by atoms with Gasteiger partial charge in [0.1, 0.15) is 17.5 Å². The number of thioether (sulfide) groups is 1. The first-order valence-electron chi connectivity index (χ1n) is 15.1. The maximum atomic E-state index is 15.4. The van der Waals surface area contributed by atoms with Gasteiger partial charge < -0.3 is 19.9 Å². The molecule has 4 aliphatic rings. The van der Waals surface area contributed by atoms with E-state index in [4.69, 9.17) is 16.3 Å². The average Bonchev–Trinajstić information content (AvgIpc) is 2.97. The van der Waals surface area contributed by atoms with Gasteiger partial charge in [0.15, 0.2) is 0 Å². The molecule has 1 spiro atoms. The molecule has 0 radical (unpaired) electrons. The van der Waals surface area contributed by atoms with Crippen molar-refractivity contribution >= 4 is 40.1 Å². The lowest BCUT2D eigenvalue weighted by atomic mass is 9.77. The second-order valence-corrected chi connectivity index (χ2v) is 14.4. The van der Waals surface area contributed by atoms with E-state index in [-0.39, 0.29) is 50.9 Å². The first-order valence-corrected chi connectivity index (χ1v) is 16.5. The lowest BCUT2D eigenvalue weighted by Crippen LogP contribution is -2.55. The minimum Gasteiger partial charge on any atom is -0.380 e. The zero-order valence-electron chi connectivity index (χ0n) is 24.8. The molecule has 0 amide bonds. The molecule has 242 valence electrons. The van der Waals surface area contributed by atoms with E-state index in [1.54, 1.807) is 0 Å². The van der Waals surface area contributed by atoms with Crippen LogP contribution >= 0.6 is 23.4 Å². The van der Waals surface area contributed by atoms with E-state index in [1.807, 2.05) is 18.7 Å². The number of piperazine rings is 1. The van der Waals surface area contributed by atoms with Crippen molar-refractivity contribution in [3.8, 4) is 11.1 Å². The summed E-state index contributed by atoms with van der Waals surface area (Å²) in [6, 6.07) is 1.85. The van der Waals surface area contributed by atoms with Gasteiger partial charge in [-0.2, -0.15) is 18.2 Å². The highest BCUT2D eigenvalue weighted by Gasteiger charge is 2.43. The molecule has 3 aromatic rings. The van der Waals surface area contributed by atoms with Gasteiger partial charge in [0.2, 0.25) is 0 Å². The molecule has 0 aliphatic carbocycles. The molecule has 2 aromatic carbocycles. The highest BCUT2D eigenvalue weighted by molar-refractivity contribution is 7.99. The summed E-state index contributed by atoms with van der Waals surface area (Å²) < 4.78 is 81.2. The molecule has 0 saturated carbocycles. The van der Waals surface area contributed by atoms with Crippen molar-refractivity contribution in [2.45, 2.75) is 55.9 Å². The van der Waals surface area contributed by atoms with Crippen LogP contribution < -0.4 is 15.9 Å². The van der Waals surface area contributed by atoms with Crippen LogP contribution in [0.5, 0.6) is 0 Å². The maximum Gasteiger partial charge on any atom is 0.417 e. The number of rotatable bonds is 4. The van der Waals surface area contributed by atoms with Gasteiger partial charge in [-0.15, -0.1) is 11.8 Å². The molecule has 4 aliphatic heterocycles. The Labute approximate surface area is 266 Å². The second kappa shape index (κ2) is 11.4. The Morgan fingerprint density at radius 3 is 2.53 bits per heavy atom. The number of hydrogen-bond acceptors (Lipinski definition) is 7. The molecular weight excluding hydrogens is 637 g/mol. The van der Waals surface area contributed by atoms with E-state index in [2.05, 4.69) is 15.2 Å². The van der Waals surface area contributed by atoms with Crippen molar-refractivity contribution in [3.05, 3.63) is 50.9 Å². The van der Waals surface area contributed by atoms with Gasteiger partial charge >= 0.3 is 11.9 Å². The molecule has 45 heavy (non-hydrogen) atoms.